The van der Waals surface area contributed by atoms with Gasteiger partial charge in [0.05, 0.1) is 16.4 Å². The van der Waals surface area contributed by atoms with Gasteiger partial charge in [0.15, 0.2) is 9.84 Å². The largest absolute Gasteiger partial charge is 0.299 e. The smallest absolute Gasteiger partial charge is 0.269 e. The van der Waals surface area contributed by atoms with E-state index in [0.717, 1.165) is 0 Å². The summed E-state index contributed by atoms with van der Waals surface area (Å²) in [6.45, 7) is 0. The highest BCUT2D eigenvalue weighted by Crippen LogP contribution is 2.21. The Labute approximate surface area is 110 Å². The van der Waals surface area contributed by atoms with Crippen LogP contribution in [0.2, 0.25) is 0 Å². The van der Waals surface area contributed by atoms with Crippen molar-refractivity contribution in [2.45, 2.75) is 12.8 Å². The van der Waals surface area contributed by atoms with Crippen molar-refractivity contribution in [3.8, 4) is 0 Å². The third kappa shape index (κ3) is 3.37. The molecule has 1 heterocycles. The zero-order valence-corrected chi connectivity index (χ0v) is 10.9. The van der Waals surface area contributed by atoms with Crippen molar-refractivity contribution < 1.29 is 18.1 Å². The molecule has 0 aliphatic carbocycles. The number of nitro benzene ring substituents is 1. The van der Waals surface area contributed by atoms with Gasteiger partial charge >= 0.3 is 0 Å². The lowest BCUT2D eigenvalue weighted by Crippen LogP contribution is -2.18. The van der Waals surface area contributed by atoms with Crippen LogP contribution in [0.3, 0.4) is 0 Å². The average Bonchev–Trinajstić information content (AvgIpc) is 2.70. The monoisotopic (exact) mass is 283 g/mol. The number of hydrogen-bond acceptors (Lipinski definition) is 5. The zero-order valence-electron chi connectivity index (χ0n) is 10.1. The van der Waals surface area contributed by atoms with Crippen LogP contribution in [-0.2, 0) is 21.1 Å². The molecule has 1 aromatic carbocycles. The number of nitro groups is 1. The van der Waals surface area contributed by atoms with Crippen LogP contribution < -0.4 is 0 Å². The number of non-ortho nitro benzene ring substituents is 1. The van der Waals surface area contributed by atoms with Gasteiger partial charge in [-0.2, -0.15) is 0 Å². The Bertz CT molecular complexity index is 606. The van der Waals surface area contributed by atoms with E-state index in [0.29, 0.717) is 12.0 Å². The first-order valence-corrected chi connectivity index (χ1v) is 7.66. The van der Waals surface area contributed by atoms with Crippen molar-refractivity contribution in [2.24, 2.45) is 5.92 Å². The van der Waals surface area contributed by atoms with Crippen molar-refractivity contribution in [2.75, 3.05) is 11.5 Å². The van der Waals surface area contributed by atoms with Gasteiger partial charge in [0.25, 0.3) is 5.69 Å². The number of rotatable bonds is 4. The lowest BCUT2D eigenvalue weighted by molar-refractivity contribution is -0.384. The third-order valence-electron chi connectivity index (χ3n) is 3.21. The molecular formula is C12H13NO5S. The van der Waals surface area contributed by atoms with Gasteiger partial charge in [-0.1, -0.05) is 12.1 Å². The van der Waals surface area contributed by atoms with Crippen LogP contribution in [0.4, 0.5) is 5.69 Å². The third-order valence-corrected chi connectivity index (χ3v) is 4.98. The molecule has 0 aromatic heterocycles. The second-order valence-corrected chi connectivity index (χ2v) is 6.90. The molecule has 1 atom stereocenters. The molecule has 0 saturated carbocycles. The van der Waals surface area contributed by atoms with Crippen LogP contribution in [-0.4, -0.2) is 30.6 Å². The normalized spacial score (nSPS) is 21.2. The van der Waals surface area contributed by atoms with E-state index in [9.17, 15) is 23.3 Å². The topological polar surface area (TPSA) is 94.3 Å². The van der Waals surface area contributed by atoms with Crippen LogP contribution in [0, 0.1) is 16.0 Å². The molecule has 1 fully saturated rings. The molecule has 0 bridgehead atoms. The fourth-order valence-electron chi connectivity index (χ4n) is 2.13. The second kappa shape index (κ2) is 5.08. The molecule has 1 aliphatic rings. The average molecular weight is 283 g/mol. The molecular weight excluding hydrogens is 270 g/mol. The Balaban J connectivity index is 2.01. The molecule has 0 N–H and O–H groups in total. The summed E-state index contributed by atoms with van der Waals surface area (Å²) in [7, 11) is -3.06. The van der Waals surface area contributed by atoms with Crippen LogP contribution in [0.15, 0.2) is 24.3 Å². The Morgan fingerprint density at radius 1 is 1.32 bits per heavy atom. The highest BCUT2D eigenvalue weighted by Gasteiger charge is 2.32. The summed E-state index contributed by atoms with van der Waals surface area (Å²) in [4.78, 5) is 21.9. The molecule has 1 aromatic rings. The number of carbonyl (C=O) groups excluding carboxylic acids is 1. The minimum atomic E-state index is -3.06. The first-order chi connectivity index (χ1) is 8.87. The molecule has 0 spiro atoms. The van der Waals surface area contributed by atoms with Gasteiger partial charge in [0.2, 0.25) is 0 Å². The highest BCUT2D eigenvalue weighted by atomic mass is 32.2. The number of ketones is 1. The summed E-state index contributed by atoms with van der Waals surface area (Å²) in [6, 6.07) is 5.74. The van der Waals surface area contributed by atoms with Crippen molar-refractivity contribution in [1.82, 2.24) is 0 Å². The molecule has 19 heavy (non-hydrogen) atoms. The van der Waals surface area contributed by atoms with Gasteiger partial charge in [-0.3, -0.25) is 14.9 Å². The van der Waals surface area contributed by atoms with E-state index >= 15 is 0 Å². The SMILES string of the molecule is O=C(Cc1ccc([N+](=O)[O-])cc1)C1CCS(=O)(=O)C1. The van der Waals surface area contributed by atoms with E-state index < -0.39 is 20.7 Å². The Morgan fingerprint density at radius 2 is 1.95 bits per heavy atom. The number of hydrogen-bond donors (Lipinski definition) is 0. The molecule has 2 rings (SSSR count). The Hall–Kier alpha value is -1.76. The Morgan fingerprint density at radius 3 is 2.42 bits per heavy atom. The van der Waals surface area contributed by atoms with Crippen molar-refractivity contribution in [3.05, 3.63) is 39.9 Å². The van der Waals surface area contributed by atoms with E-state index in [1.807, 2.05) is 0 Å². The van der Waals surface area contributed by atoms with Gasteiger partial charge in [-0.15, -0.1) is 0 Å². The molecule has 0 amide bonds. The van der Waals surface area contributed by atoms with Crippen LogP contribution in [0.1, 0.15) is 12.0 Å². The first-order valence-electron chi connectivity index (χ1n) is 5.84. The number of benzene rings is 1. The van der Waals surface area contributed by atoms with Gasteiger partial charge in [0.1, 0.15) is 5.78 Å². The summed E-state index contributed by atoms with van der Waals surface area (Å²) in [5.41, 5.74) is 0.638. The number of nitrogens with zero attached hydrogens (tertiary/aromatic N) is 1. The number of sulfone groups is 1. The van der Waals surface area contributed by atoms with E-state index in [-0.39, 0.29) is 29.4 Å². The van der Waals surface area contributed by atoms with E-state index in [1.54, 1.807) is 0 Å². The van der Waals surface area contributed by atoms with Crippen molar-refractivity contribution in [3.63, 3.8) is 0 Å². The highest BCUT2D eigenvalue weighted by molar-refractivity contribution is 7.91. The number of Topliss-reactive ketones (excluding diaryl/α,β-unsaturated/α-hetero) is 1. The molecule has 7 heteroatoms. The van der Waals surface area contributed by atoms with Crippen LogP contribution in [0.5, 0.6) is 0 Å². The molecule has 1 aliphatic heterocycles. The molecule has 102 valence electrons. The lowest BCUT2D eigenvalue weighted by Gasteiger charge is -2.06. The van der Waals surface area contributed by atoms with E-state index in [4.69, 9.17) is 0 Å². The Kier molecular flexibility index (Phi) is 3.66. The first kappa shape index (κ1) is 13.7. The van der Waals surface area contributed by atoms with Crippen molar-refractivity contribution >= 4 is 21.3 Å². The zero-order chi connectivity index (χ0) is 14.0. The summed E-state index contributed by atoms with van der Waals surface area (Å²) in [6.07, 6.45) is 0.506. The predicted octanol–water partition coefficient (Wildman–Crippen LogP) is 1.14. The van der Waals surface area contributed by atoms with Gasteiger partial charge < -0.3 is 0 Å². The lowest BCUT2D eigenvalue weighted by atomic mass is 9.97. The van der Waals surface area contributed by atoms with Crippen molar-refractivity contribution in [1.29, 1.82) is 0 Å². The van der Waals surface area contributed by atoms with Gasteiger partial charge in [-0.25, -0.2) is 8.42 Å². The van der Waals surface area contributed by atoms with Crippen LogP contribution in [0.25, 0.3) is 0 Å². The minimum absolute atomic E-state index is 0.0281. The maximum atomic E-state index is 11.9. The molecule has 1 saturated heterocycles. The van der Waals surface area contributed by atoms with E-state index in [1.165, 1.54) is 24.3 Å². The maximum Gasteiger partial charge on any atom is 0.269 e. The molecule has 6 nitrogen and oxygen atoms in total. The second-order valence-electron chi connectivity index (χ2n) is 4.67. The summed E-state index contributed by atoms with van der Waals surface area (Å²) < 4.78 is 22.6. The van der Waals surface area contributed by atoms with Crippen LogP contribution >= 0.6 is 0 Å². The summed E-state index contributed by atoms with van der Waals surface area (Å²) in [5.74, 6) is -0.544. The number of carbonyl (C=O) groups is 1. The van der Waals surface area contributed by atoms with Gasteiger partial charge in [-0.05, 0) is 12.0 Å². The summed E-state index contributed by atoms with van der Waals surface area (Å²) >= 11 is 0. The molecule has 1 unspecified atom stereocenters. The summed E-state index contributed by atoms with van der Waals surface area (Å²) in [5, 5.41) is 10.5. The fraction of sp³-hybridized carbons (Fsp3) is 0.417. The fourth-order valence-corrected chi connectivity index (χ4v) is 3.91. The maximum absolute atomic E-state index is 11.9. The van der Waals surface area contributed by atoms with E-state index in [2.05, 4.69) is 0 Å². The van der Waals surface area contributed by atoms with Gasteiger partial charge in [0, 0.05) is 24.5 Å². The standard InChI is InChI=1S/C12H13NO5S/c14-12(10-5-6-19(17,18)8-10)7-9-1-3-11(4-2-9)13(15)16/h1-4,10H,5-8H2. The predicted molar refractivity (Wildman–Crippen MR) is 68.6 cm³/mol. The minimum Gasteiger partial charge on any atom is -0.299 e. The quantitative estimate of drug-likeness (QED) is 0.610. The molecule has 0 radical (unpaired) electrons.